The molecule has 1 N–H and O–H groups in total. The van der Waals surface area contributed by atoms with Crippen LogP contribution < -0.4 is 19.5 Å². The quantitative estimate of drug-likeness (QED) is 0.813. The molecule has 1 aromatic carbocycles. The lowest BCUT2D eigenvalue weighted by Crippen LogP contribution is -2.21. The van der Waals surface area contributed by atoms with Gasteiger partial charge in [-0.25, -0.2) is 0 Å². The first-order valence-electron chi connectivity index (χ1n) is 6.68. The SMILES string of the molecule is c1cc2c(cc1OCCCC1CCCN1)OCO2. The van der Waals surface area contributed by atoms with Crippen LogP contribution in [0.4, 0.5) is 0 Å². The van der Waals surface area contributed by atoms with Crippen molar-refractivity contribution in [1.29, 1.82) is 0 Å². The van der Waals surface area contributed by atoms with Crippen LogP contribution in [0.3, 0.4) is 0 Å². The minimum absolute atomic E-state index is 0.312. The molecule has 0 radical (unpaired) electrons. The molecule has 1 unspecified atom stereocenters. The van der Waals surface area contributed by atoms with E-state index in [4.69, 9.17) is 14.2 Å². The lowest BCUT2D eigenvalue weighted by Gasteiger charge is -2.10. The van der Waals surface area contributed by atoms with E-state index in [1.165, 1.54) is 25.8 Å². The van der Waals surface area contributed by atoms with Gasteiger partial charge < -0.3 is 19.5 Å². The van der Waals surface area contributed by atoms with E-state index < -0.39 is 0 Å². The molecule has 0 saturated carbocycles. The smallest absolute Gasteiger partial charge is 0.231 e. The molecular formula is C14H19NO3. The highest BCUT2D eigenvalue weighted by Gasteiger charge is 2.15. The van der Waals surface area contributed by atoms with E-state index in [0.29, 0.717) is 12.8 Å². The standard InChI is InChI=1S/C14H19NO3/c1-3-11(15-7-1)4-2-8-16-12-5-6-13-14(9-12)18-10-17-13/h5-6,9,11,15H,1-4,7-8,10H2. The van der Waals surface area contributed by atoms with Gasteiger partial charge in [-0.05, 0) is 44.4 Å². The van der Waals surface area contributed by atoms with Crippen LogP contribution in [-0.2, 0) is 0 Å². The third-order valence-corrected chi connectivity index (χ3v) is 3.47. The summed E-state index contributed by atoms with van der Waals surface area (Å²) in [4.78, 5) is 0. The van der Waals surface area contributed by atoms with Crippen LogP contribution in [0.2, 0.25) is 0 Å². The summed E-state index contributed by atoms with van der Waals surface area (Å²) in [5.74, 6) is 2.45. The Hall–Kier alpha value is -1.42. The third kappa shape index (κ3) is 2.70. The highest BCUT2D eigenvalue weighted by atomic mass is 16.7. The predicted molar refractivity (Wildman–Crippen MR) is 68.3 cm³/mol. The lowest BCUT2D eigenvalue weighted by molar-refractivity contribution is 0.173. The number of ether oxygens (including phenoxy) is 3. The molecule has 1 aromatic rings. The van der Waals surface area contributed by atoms with Gasteiger partial charge in [-0.3, -0.25) is 0 Å². The topological polar surface area (TPSA) is 39.7 Å². The van der Waals surface area contributed by atoms with Gasteiger partial charge in [0.2, 0.25) is 6.79 Å². The Balaban J connectivity index is 1.42. The fourth-order valence-electron chi connectivity index (χ4n) is 2.49. The Labute approximate surface area is 107 Å². The van der Waals surface area contributed by atoms with Crippen molar-refractivity contribution in [2.24, 2.45) is 0 Å². The molecule has 1 saturated heterocycles. The number of benzene rings is 1. The zero-order valence-electron chi connectivity index (χ0n) is 10.5. The van der Waals surface area contributed by atoms with Crippen molar-refractivity contribution in [2.45, 2.75) is 31.7 Å². The molecule has 4 nitrogen and oxygen atoms in total. The minimum Gasteiger partial charge on any atom is -0.493 e. The molecule has 4 heteroatoms. The summed E-state index contributed by atoms with van der Waals surface area (Å²) in [7, 11) is 0. The second-order valence-corrected chi connectivity index (χ2v) is 4.80. The highest BCUT2D eigenvalue weighted by Crippen LogP contribution is 2.35. The fourth-order valence-corrected chi connectivity index (χ4v) is 2.49. The third-order valence-electron chi connectivity index (χ3n) is 3.47. The Morgan fingerprint density at radius 1 is 1.28 bits per heavy atom. The maximum Gasteiger partial charge on any atom is 0.231 e. The fraction of sp³-hybridized carbons (Fsp3) is 0.571. The first-order chi connectivity index (χ1) is 8.92. The molecule has 0 amide bonds. The van der Waals surface area contributed by atoms with Crippen LogP contribution >= 0.6 is 0 Å². The summed E-state index contributed by atoms with van der Waals surface area (Å²) in [6.07, 6.45) is 4.91. The van der Waals surface area contributed by atoms with Gasteiger partial charge in [0.15, 0.2) is 11.5 Å². The van der Waals surface area contributed by atoms with Crippen LogP contribution in [-0.4, -0.2) is 26.0 Å². The van der Waals surface area contributed by atoms with Gasteiger partial charge in [0, 0.05) is 12.1 Å². The van der Waals surface area contributed by atoms with E-state index in [0.717, 1.165) is 30.3 Å². The van der Waals surface area contributed by atoms with E-state index in [1.54, 1.807) is 0 Å². The average Bonchev–Trinajstić information content (AvgIpc) is 3.05. The maximum absolute atomic E-state index is 5.73. The zero-order chi connectivity index (χ0) is 12.2. The van der Waals surface area contributed by atoms with Gasteiger partial charge in [-0.2, -0.15) is 0 Å². The van der Waals surface area contributed by atoms with E-state index >= 15 is 0 Å². The highest BCUT2D eigenvalue weighted by molar-refractivity contribution is 5.46. The van der Waals surface area contributed by atoms with Crippen LogP contribution in [0, 0.1) is 0 Å². The van der Waals surface area contributed by atoms with Crippen molar-refractivity contribution in [3.8, 4) is 17.2 Å². The lowest BCUT2D eigenvalue weighted by atomic mass is 10.1. The van der Waals surface area contributed by atoms with Crippen molar-refractivity contribution in [1.82, 2.24) is 5.32 Å². The summed E-state index contributed by atoms with van der Waals surface area (Å²) in [6.45, 7) is 2.25. The van der Waals surface area contributed by atoms with E-state index in [9.17, 15) is 0 Å². The molecule has 98 valence electrons. The van der Waals surface area contributed by atoms with E-state index in [1.807, 2.05) is 18.2 Å². The maximum atomic E-state index is 5.73. The van der Waals surface area contributed by atoms with Gasteiger partial charge in [-0.1, -0.05) is 0 Å². The second-order valence-electron chi connectivity index (χ2n) is 4.80. The van der Waals surface area contributed by atoms with Crippen LogP contribution in [0.5, 0.6) is 17.2 Å². The number of fused-ring (bicyclic) bond motifs is 1. The van der Waals surface area contributed by atoms with Crippen molar-refractivity contribution >= 4 is 0 Å². The van der Waals surface area contributed by atoms with Crippen molar-refractivity contribution in [3.05, 3.63) is 18.2 Å². The minimum atomic E-state index is 0.312. The summed E-state index contributed by atoms with van der Waals surface area (Å²) in [5, 5.41) is 3.50. The molecular weight excluding hydrogens is 230 g/mol. The number of hydrogen-bond donors (Lipinski definition) is 1. The number of nitrogens with one attached hydrogen (secondary N) is 1. The van der Waals surface area contributed by atoms with Crippen LogP contribution in [0.15, 0.2) is 18.2 Å². The van der Waals surface area contributed by atoms with Crippen LogP contribution in [0.25, 0.3) is 0 Å². The first kappa shape index (κ1) is 11.7. The van der Waals surface area contributed by atoms with Crippen LogP contribution in [0.1, 0.15) is 25.7 Å². The predicted octanol–water partition coefficient (Wildman–Crippen LogP) is 2.33. The molecule has 0 bridgehead atoms. The van der Waals surface area contributed by atoms with Gasteiger partial charge in [0.1, 0.15) is 5.75 Å². The van der Waals surface area contributed by atoms with Crippen molar-refractivity contribution in [2.75, 3.05) is 19.9 Å². The second kappa shape index (κ2) is 5.48. The molecule has 0 aromatic heterocycles. The molecule has 1 atom stereocenters. The Morgan fingerprint density at radius 3 is 3.11 bits per heavy atom. The molecule has 2 aliphatic rings. The summed E-state index contributed by atoms with van der Waals surface area (Å²) >= 11 is 0. The van der Waals surface area contributed by atoms with Crippen molar-refractivity contribution < 1.29 is 14.2 Å². The molecule has 2 aliphatic heterocycles. The van der Waals surface area contributed by atoms with Gasteiger partial charge >= 0.3 is 0 Å². The summed E-state index contributed by atoms with van der Waals surface area (Å²) in [5.41, 5.74) is 0. The van der Waals surface area contributed by atoms with Gasteiger partial charge in [0.25, 0.3) is 0 Å². The number of hydrogen-bond acceptors (Lipinski definition) is 4. The van der Waals surface area contributed by atoms with E-state index in [-0.39, 0.29) is 0 Å². The average molecular weight is 249 g/mol. The Bertz CT molecular complexity index is 402. The normalized spacial score (nSPS) is 21.2. The summed E-state index contributed by atoms with van der Waals surface area (Å²) < 4.78 is 16.3. The molecule has 3 rings (SSSR count). The molecule has 18 heavy (non-hydrogen) atoms. The largest absolute Gasteiger partial charge is 0.493 e. The first-order valence-corrected chi connectivity index (χ1v) is 6.68. The van der Waals surface area contributed by atoms with E-state index in [2.05, 4.69) is 5.32 Å². The van der Waals surface area contributed by atoms with Gasteiger partial charge in [-0.15, -0.1) is 0 Å². The Kier molecular flexibility index (Phi) is 3.55. The molecule has 2 heterocycles. The van der Waals surface area contributed by atoms with Crippen molar-refractivity contribution in [3.63, 3.8) is 0 Å². The Morgan fingerprint density at radius 2 is 2.22 bits per heavy atom. The molecule has 1 fully saturated rings. The molecule has 0 spiro atoms. The molecule has 0 aliphatic carbocycles. The summed E-state index contributed by atoms with van der Waals surface area (Å²) in [6, 6.07) is 6.43. The zero-order valence-corrected chi connectivity index (χ0v) is 10.5. The number of rotatable bonds is 5. The van der Waals surface area contributed by atoms with Gasteiger partial charge in [0.05, 0.1) is 6.61 Å². The monoisotopic (exact) mass is 249 g/mol.